The van der Waals surface area contributed by atoms with Gasteiger partial charge < -0.3 is 14.5 Å². The summed E-state index contributed by atoms with van der Waals surface area (Å²) in [5, 5.41) is 7.22. The molecule has 2 N–H and O–H groups in total. The molecule has 0 aliphatic carbocycles. The Kier molecular flexibility index (Phi) is 6.58. The fourth-order valence-electron chi connectivity index (χ4n) is 3.86. The molecule has 0 spiro atoms. The number of aryl methyl sites for hydroxylation is 2. The zero-order valence-electron chi connectivity index (χ0n) is 19.2. The highest BCUT2D eigenvalue weighted by Gasteiger charge is 2.29. The molecule has 2 aromatic heterocycles. The van der Waals surface area contributed by atoms with Crippen LogP contribution in [0.3, 0.4) is 0 Å². The topological polar surface area (TPSA) is 133 Å². The lowest BCUT2D eigenvalue weighted by Gasteiger charge is -2.13. The number of nitrogens with one attached hydrogen (secondary N) is 2. The number of ether oxygens (including phenoxy) is 1. The van der Waals surface area contributed by atoms with Gasteiger partial charge in [0.25, 0.3) is 0 Å². The van der Waals surface area contributed by atoms with E-state index in [1.165, 1.54) is 17.9 Å². The largest absolute Gasteiger partial charge is 0.495 e. The molecule has 0 radical (unpaired) electrons. The lowest BCUT2D eigenvalue weighted by molar-refractivity contribution is -0.116. The molecule has 34 heavy (non-hydrogen) atoms. The molecule has 0 saturated heterocycles. The molecule has 0 atom stereocenters. The lowest BCUT2D eigenvalue weighted by atomic mass is 10.0. The summed E-state index contributed by atoms with van der Waals surface area (Å²) in [6, 6.07) is 8.15. The first-order chi connectivity index (χ1) is 16.2. The minimum Gasteiger partial charge on any atom is -0.495 e. The number of rotatable bonds is 8. The van der Waals surface area contributed by atoms with Crippen molar-refractivity contribution < 1.29 is 27.2 Å². The summed E-state index contributed by atoms with van der Waals surface area (Å²) in [5.41, 5.74) is 1.61. The number of aromatic nitrogens is 2. The predicted octanol–water partition coefficient (Wildman–Crippen LogP) is 3.26. The van der Waals surface area contributed by atoms with Crippen molar-refractivity contribution >= 4 is 27.7 Å². The molecule has 0 bridgehead atoms. The van der Waals surface area contributed by atoms with E-state index >= 15 is 0 Å². The maximum Gasteiger partial charge on any atom is 0.249 e. The van der Waals surface area contributed by atoms with E-state index in [0.717, 1.165) is 6.42 Å². The molecule has 0 fully saturated rings. The van der Waals surface area contributed by atoms with Gasteiger partial charge in [-0.3, -0.25) is 9.59 Å². The van der Waals surface area contributed by atoms with Crippen LogP contribution in [0.2, 0.25) is 0 Å². The molecular formula is C23H26N4O6S. The van der Waals surface area contributed by atoms with Gasteiger partial charge in [0.1, 0.15) is 28.0 Å². The van der Waals surface area contributed by atoms with Crippen LogP contribution in [0, 0.1) is 6.92 Å². The van der Waals surface area contributed by atoms with Crippen LogP contribution in [0.1, 0.15) is 48.2 Å². The van der Waals surface area contributed by atoms with Gasteiger partial charge in [0.15, 0.2) is 0 Å². The van der Waals surface area contributed by atoms with Gasteiger partial charge in [0.05, 0.1) is 19.3 Å². The van der Waals surface area contributed by atoms with E-state index in [0.29, 0.717) is 34.8 Å². The third-order valence-electron chi connectivity index (χ3n) is 5.48. The summed E-state index contributed by atoms with van der Waals surface area (Å²) in [6.45, 7) is 3.72. The number of sulfonamides is 1. The highest BCUT2D eigenvalue weighted by Crippen LogP contribution is 2.37. The highest BCUT2D eigenvalue weighted by atomic mass is 32.2. The zero-order chi connectivity index (χ0) is 24.5. The summed E-state index contributed by atoms with van der Waals surface area (Å²) >= 11 is 0. The second-order valence-corrected chi connectivity index (χ2v) is 9.71. The number of carbonyl (C=O) groups is 2. The third-order valence-corrected chi connectivity index (χ3v) is 6.90. The normalized spacial score (nSPS) is 14.0. The Labute approximate surface area is 197 Å². The van der Waals surface area contributed by atoms with Crippen LogP contribution in [0.5, 0.6) is 5.75 Å². The third kappa shape index (κ3) is 4.62. The number of benzene rings is 1. The Morgan fingerprint density at radius 1 is 1.21 bits per heavy atom. The van der Waals surface area contributed by atoms with Crippen LogP contribution < -0.4 is 14.8 Å². The summed E-state index contributed by atoms with van der Waals surface area (Å²) < 4.78 is 40.9. The van der Waals surface area contributed by atoms with E-state index in [-0.39, 0.29) is 47.7 Å². The summed E-state index contributed by atoms with van der Waals surface area (Å²) in [4.78, 5) is 24.7. The van der Waals surface area contributed by atoms with Gasteiger partial charge in [-0.1, -0.05) is 19.4 Å². The van der Waals surface area contributed by atoms with Gasteiger partial charge in [-0.15, -0.1) is 0 Å². The van der Waals surface area contributed by atoms with Gasteiger partial charge >= 0.3 is 0 Å². The average Bonchev–Trinajstić information content (AvgIpc) is 3.35. The van der Waals surface area contributed by atoms with E-state index in [9.17, 15) is 18.0 Å². The minimum atomic E-state index is -4.00. The highest BCUT2D eigenvalue weighted by molar-refractivity contribution is 7.89. The number of hydrogen-bond donors (Lipinski definition) is 2. The monoisotopic (exact) mass is 486 g/mol. The van der Waals surface area contributed by atoms with Gasteiger partial charge in [0, 0.05) is 18.4 Å². The Hall–Kier alpha value is -3.44. The van der Waals surface area contributed by atoms with Crippen molar-refractivity contribution in [3.05, 3.63) is 47.5 Å². The van der Waals surface area contributed by atoms with Crippen LogP contribution in [-0.4, -0.2) is 37.1 Å². The molecule has 3 aromatic rings. The van der Waals surface area contributed by atoms with E-state index < -0.39 is 10.0 Å². The molecule has 4 rings (SSSR count). The first-order valence-corrected chi connectivity index (χ1v) is 12.4. The number of carbonyl (C=O) groups excluding carboxylic acids is 2. The van der Waals surface area contributed by atoms with Crippen molar-refractivity contribution in [2.24, 2.45) is 0 Å². The van der Waals surface area contributed by atoms with Crippen LogP contribution >= 0.6 is 0 Å². The smallest absolute Gasteiger partial charge is 0.249 e. The van der Waals surface area contributed by atoms with Crippen LogP contribution in [-0.2, 0) is 27.8 Å². The van der Waals surface area contributed by atoms with Gasteiger partial charge in [-0.25, -0.2) is 13.1 Å². The van der Waals surface area contributed by atoms with Gasteiger partial charge in [0.2, 0.25) is 21.8 Å². The predicted molar refractivity (Wildman–Crippen MR) is 124 cm³/mol. The van der Waals surface area contributed by atoms with Crippen molar-refractivity contribution in [2.75, 3.05) is 12.4 Å². The van der Waals surface area contributed by atoms with Crippen molar-refractivity contribution in [2.45, 2.75) is 51.0 Å². The Morgan fingerprint density at radius 3 is 2.68 bits per heavy atom. The maximum absolute atomic E-state index is 13.2. The van der Waals surface area contributed by atoms with Crippen LogP contribution in [0.4, 0.5) is 5.82 Å². The van der Waals surface area contributed by atoms with E-state index in [1.807, 2.05) is 6.92 Å². The molecule has 0 saturated carbocycles. The molecule has 1 amide bonds. The molecule has 10 nitrogen and oxygen atoms in total. The van der Waals surface area contributed by atoms with Crippen LogP contribution in [0.15, 0.2) is 39.6 Å². The first-order valence-electron chi connectivity index (χ1n) is 10.9. The average molecular weight is 487 g/mol. The van der Waals surface area contributed by atoms with Gasteiger partial charge in [-0.05, 0) is 43.2 Å². The molecule has 1 aliphatic rings. The second kappa shape index (κ2) is 9.43. The Bertz CT molecular complexity index is 1360. The summed E-state index contributed by atoms with van der Waals surface area (Å²) in [6.07, 6.45) is 1.40. The van der Waals surface area contributed by atoms with Crippen LogP contribution in [0.25, 0.3) is 11.1 Å². The number of amides is 1. The molecule has 3 heterocycles. The first kappa shape index (κ1) is 23.7. The van der Waals surface area contributed by atoms with Crippen molar-refractivity contribution in [1.82, 2.24) is 14.5 Å². The van der Waals surface area contributed by atoms with E-state index in [2.05, 4.69) is 15.1 Å². The fourth-order valence-corrected chi connectivity index (χ4v) is 5.05. The molecule has 1 aromatic carbocycles. The Morgan fingerprint density at radius 2 is 2.00 bits per heavy atom. The van der Waals surface area contributed by atoms with Crippen molar-refractivity contribution in [1.29, 1.82) is 0 Å². The lowest BCUT2D eigenvalue weighted by Crippen LogP contribution is -2.23. The SMILES string of the molecule is CCCc1nn2c(c1-c1ccc(OC)c(S(=O)(=O)NCc3ccc(C)o3)c1)NC(=O)CCC2=O. The Balaban J connectivity index is 1.80. The number of nitrogens with zero attached hydrogens (tertiary/aromatic N) is 2. The second-order valence-electron chi connectivity index (χ2n) is 7.98. The fraction of sp³-hybridized carbons (Fsp3) is 0.348. The molecule has 180 valence electrons. The number of anilines is 1. The van der Waals surface area contributed by atoms with E-state index in [1.54, 1.807) is 31.2 Å². The van der Waals surface area contributed by atoms with Crippen molar-refractivity contribution in [3.8, 4) is 16.9 Å². The number of fused-ring (bicyclic) bond motifs is 1. The molecule has 1 aliphatic heterocycles. The molecule has 0 unspecified atom stereocenters. The van der Waals surface area contributed by atoms with E-state index in [4.69, 9.17) is 9.15 Å². The standard InChI is InChI=1S/C23H26N4O6S/c1-4-5-17-22(23-25-20(28)10-11-21(29)27(23)26-17)15-7-9-18(32-3)19(12-15)34(30,31)24-13-16-8-6-14(2)33-16/h6-9,12,24H,4-5,10-11,13H2,1-3H3,(H,25,28). The van der Waals surface area contributed by atoms with Gasteiger partial charge in [-0.2, -0.15) is 9.78 Å². The number of furan rings is 1. The summed E-state index contributed by atoms with van der Waals surface area (Å²) in [7, 11) is -2.61. The number of hydrogen-bond acceptors (Lipinski definition) is 7. The molecule has 11 heteroatoms. The zero-order valence-corrected chi connectivity index (χ0v) is 20.0. The number of methoxy groups -OCH3 is 1. The van der Waals surface area contributed by atoms with Crippen molar-refractivity contribution in [3.63, 3.8) is 0 Å². The quantitative estimate of drug-likeness (QED) is 0.499. The molecular weight excluding hydrogens is 460 g/mol. The maximum atomic E-state index is 13.2. The minimum absolute atomic E-state index is 0.0294. The summed E-state index contributed by atoms with van der Waals surface area (Å²) in [5.74, 6) is 0.966.